The lowest BCUT2D eigenvalue weighted by Crippen LogP contribution is -2.53. The van der Waals surface area contributed by atoms with Crippen LogP contribution >= 0.6 is 22.9 Å². The Labute approximate surface area is 265 Å². The van der Waals surface area contributed by atoms with Gasteiger partial charge in [-0.15, -0.1) is 11.3 Å². The topological polar surface area (TPSA) is 154 Å². The van der Waals surface area contributed by atoms with E-state index in [1.165, 1.54) is 12.4 Å². The number of anilines is 1. The highest BCUT2D eigenvalue weighted by Gasteiger charge is 2.40. The molecule has 1 saturated heterocycles. The highest BCUT2D eigenvalue weighted by Crippen LogP contribution is 2.47. The SMILES string of the molecule is CC(C1CCCN1C(=O)n1ncnc1CC#N)N1CCCOc2c(cc(F)c(-c3ccc(F)c4sc(N)c(C#N)c34)c2Cl)C1=O. The molecule has 15 heteroatoms. The average molecular weight is 651 g/mol. The van der Waals surface area contributed by atoms with E-state index in [-0.39, 0.29) is 79.6 Å². The van der Waals surface area contributed by atoms with Gasteiger partial charge in [0.2, 0.25) is 0 Å². The van der Waals surface area contributed by atoms with Crippen LogP contribution in [0.3, 0.4) is 0 Å². The summed E-state index contributed by atoms with van der Waals surface area (Å²) in [5, 5.41) is 22.9. The van der Waals surface area contributed by atoms with Gasteiger partial charge in [-0.25, -0.2) is 18.6 Å². The van der Waals surface area contributed by atoms with Crippen LogP contribution in [0.2, 0.25) is 5.02 Å². The smallest absolute Gasteiger partial charge is 0.346 e. The van der Waals surface area contributed by atoms with Crippen molar-refractivity contribution in [3.8, 4) is 29.0 Å². The zero-order valence-electron chi connectivity index (χ0n) is 23.9. The minimum absolute atomic E-state index is 0.00464. The van der Waals surface area contributed by atoms with E-state index in [0.717, 1.165) is 28.2 Å². The third-order valence-corrected chi connectivity index (χ3v) is 9.67. The fourth-order valence-corrected chi connectivity index (χ4v) is 7.49. The fraction of sp³-hybridized carbons (Fsp3) is 0.333. The maximum Gasteiger partial charge on any atom is 0.346 e. The van der Waals surface area contributed by atoms with Crippen LogP contribution in [0, 0.1) is 34.3 Å². The molecule has 4 aromatic rings. The molecule has 11 nitrogen and oxygen atoms in total. The summed E-state index contributed by atoms with van der Waals surface area (Å²) in [5.41, 5.74) is 5.89. The third-order valence-electron chi connectivity index (χ3n) is 8.28. The fourth-order valence-electron chi connectivity index (χ4n) is 6.19. The van der Waals surface area contributed by atoms with Gasteiger partial charge in [0.05, 0.1) is 46.0 Å². The normalized spacial score (nSPS) is 17.3. The van der Waals surface area contributed by atoms with Gasteiger partial charge in [0, 0.05) is 30.1 Å². The summed E-state index contributed by atoms with van der Waals surface area (Å²) in [6.45, 7) is 2.70. The number of nitrogen functional groups attached to an aromatic ring is 1. The Bertz CT molecular complexity index is 1950. The quantitative estimate of drug-likeness (QED) is 0.310. The second-order valence-corrected chi connectivity index (χ2v) is 12.2. The summed E-state index contributed by atoms with van der Waals surface area (Å²) in [6.07, 6.45) is 2.86. The van der Waals surface area contributed by atoms with Gasteiger partial charge < -0.3 is 20.3 Å². The number of aromatic nitrogens is 3. The number of amides is 2. The lowest BCUT2D eigenvalue weighted by atomic mass is 9.96. The summed E-state index contributed by atoms with van der Waals surface area (Å²) >= 11 is 7.66. The van der Waals surface area contributed by atoms with Crippen LogP contribution in [0.1, 0.15) is 47.9 Å². The first-order valence-electron chi connectivity index (χ1n) is 14.1. The monoisotopic (exact) mass is 650 g/mol. The predicted octanol–water partition coefficient (Wildman–Crippen LogP) is 5.36. The molecule has 45 heavy (non-hydrogen) atoms. The van der Waals surface area contributed by atoms with Crippen LogP contribution in [-0.2, 0) is 6.42 Å². The highest BCUT2D eigenvalue weighted by molar-refractivity contribution is 7.23. The van der Waals surface area contributed by atoms with Crippen LogP contribution in [0.15, 0.2) is 24.5 Å². The minimum Gasteiger partial charge on any atom is -0.491 e. The molecule has 0 spiro atoms. The van der Waals surface area contributed by atoms with Crippen molar-refractivity contribution in [3.63, 3.8) is 0 Å². The molecular formula is C30H25ClF2N8O3S. The number of fused-ring (bicyclic) bond motifs is 2. The van der Waals surface area contributed by atoms with E-state index in [2.05, 4.69) is 10.1 Å². The maximum atomic E-state index is 16.1. The van der Waals surface area contributed by atoms with Crippen molar-refractivity contribution in [3.05, 3.63) is 58.1 Å². The van der Waals surface area contributed by atoms with Gasteiger partial charge in [0.1, 0.15) is 29.0 Å². The molecule has 0 saturated carbocycles. The van der Waals surface area contributed by atoms with Crippen molar-refractivity contribution in [1.29, 1.82) is 10.5 Å². The van der Waals surface area contributed by atoms with Gasteiger partial charge in [0.15, 0.2) is 11.6 Å². The predicted molar refractivity (Wildman–Crippen MR) is 162 cm³/mol. The molecule has 2 unspecified atom stereocenters. The molecule has 2 aliphatic heterocycles. The van der Waals surface area contributed by atoms with E-state index in [4.69, 9.17) is 27.3 Å². The Morgan fingerprint density at radius 1 is 1.24 bits per heavy atom. The van der Waals surface area contributed by atoms with E-state index in [0.29, 0.717) is 25.8 Å². The second-order valence-electron chi connectivity index (χ2n) is 10.7. The molecule has 0 aliphatic carbocycles. The first-order valence-corrected chi connectivity index (χ1v) is 15.3. The molecule has 230 valence electrons. The van der Waals surface area contributed by atoms with E-state index >= 15 is 4.39 Å². The van der Waals surface area contributed by atoms with Crippen molar-refractivity contribution in [2.75, 3.05) is 25.4 Å². The standard InChI is InChI=1S/C30H25ClF2N8O3S/c1-15(21-4-2-9-40(21)30(43)41-22(7-8-34)37-14-38-41)39-10-3-11-44-26-17(29(39)42)12-20(33)24(25(26)31)16-5-6-19(32)27-23(16)18(13-35)28(36)45-27/h5-6,12,14-15,21H,2-4,7,9-11,36H2,1H3. The number of ether oxygens (including phenoxy) is 1. The molecule has 2 N–H and O–H groups in total. The largest absolute Gasteiger partial charge is 0.491 e. The molecule has 2 atom stereocenters. The molecule has 1 fully saturated rings. The lowest BCUT2D eigenvalue weighted by molar-refractivity contribution is 0.0565. The summed E-state index contributed by atoms with van der Waals surface area (Å²) in [4.78, 5) is 34.8. The van der Waals surface area contributed by atoms with Crippen molar-refractivity contribution < 1.29 is 23.1 Å². The Morgan fingerprint density at radius 3 is 2.80 bits per heavy atom. The van der Waals surface area contributed by atoms with Crippen molar-refractivity contribution in [2.45, 2.75) is 44.7 Å². The summed E-state index contributed by atoms with van der Waals surface area (Å²) in [6, 6.07) is 6.15. The van der Waals surface area contributed by atoms with Gasteiger partial charge in [-0.3, -0.25) is 4.79 Å². The molecule has 2 amide bonds. The number of rotatable bonds is 4. The first-order chi connectivity index (χ1) is 21.7. The van der Waals surface area contributed by atoms with Crippen LogP contribution < -0.4 is 10.5 Å². The molecule has 0 radical (unpaired) electrons. The Balaban J connectivity index is 1.38. The second kappa shape index (κ2) is 12.0. The number of nitriles is 2. The molecule has 4 heterocycles. The van der Waals surface area contributed by atoms with Gasteiger partial charge in [-0.1, -0.05) is 17.7 Å². The van der Waals surface area contributed by atoms with Crippen LogP contribution in [0.4, 0.5) is 18.6 Å². The van der Waals surface area contributed by atoms with Gasteiger partial charge in [0.25, 0.3) is 5.91 Å². The Hall–Kier alpha value is -4.79. The molecule has 2 aromatic carbocycles. The van der Waals surface area contributed by atoms with E-state index in [1.807, 2.05) is 19.1 Å². The summed E-state index contributed by atoms with van der Waals surface area (Å²) < 4.78 is 37.9. The van der Waals surface area contributed by atoms with E-state index < -0.39 is 29.6 Å². The average Bonchev–Trinajstić information content (AvgIpc) is 3.76. The number of carbonyl (C=O) groups is 2. The first kappa shape index (κ1) is 30.2. The van der Waals surface area contributed by atoms with Gasteiger partial charge >= 0.3 is 6.03 Å². The minimum atomic E-state index is -0.862. The number of benzene rings is 2. The summed E-state index contributed by atoms with van der Waals surface area (Å²) in [7, 11) is 0. The molecule has 0 bridgehead atoms. The van der Waals surface area contributed by atoms with Crippen LogP contribution in [-0.4, -0.2) is 68.3 Å². The molecule has 2 aliphatic rings. The number of carbonyl (C=O) groups excluding carboxylic acids is 2. The molecule has 6 rings (SSSR count). The van der Waals surface area contributed by atoms with E-state index in [1.54, 1.807) is 9.80 Å². The van der Waals surface area contributed by atoms with Crippen LogP contribution in [0.5, 0.6) is 5.75 Å². The Kier molecular flexibility index (Phi) is 8.03. The number of likely N-dealkylation sites (tertiary alicyclic amines) is 1. The van der Waals surface area contributed by atoms with Gasteiger partial charge in [-0.2, -0.15) is 20.3 Å². The van der Waals surface area contributed by atoms with Crippen molar-refractivity contribution in [2.24, 2.45) is 0 Å². The Morgan fingerprint density at radius 2 is 2.04 bits per heavy atom. The maximum absolute atomic E-state index is 16.1. The number of nitrogens with zero attached hydrogens (tertiary/aromatic N) is 7. The summed E-state index contributed by atoms with van der Waals surface area (Å²) in [5.74, 6) is -1.82. The number of halogens is 3. The highest BCUT2D eigenvalue weighted by atomic mass is 35.5. The zero-order valence-corrected chi connectivity index (χ0v) is 25.5. The van der Waals surface area contributed by atoms with Crippen molar-refractivity contribution in [1.82, 2.24) is 24.6 Å². The number of hydrogen-bond acceptors (Lipinski definition) is 9. The number of nitrogens with two attached hydrogens (primary N) is 1. The lowest BCUT2D eigenvalue weighted by Gasteiger charge is -2.38. The van der Waals surface area contributed by atoms with E-state index in [9.17, 15) is 19.2 Å². The third kappa shape index (κ3) is 5.00. The van der Waals surface area contributed by atoms with Crippen molar-refractivity contribution >= 4 is 50.0 Å². The molecule has 2 aromatic heterocycles. The number of hydrogen-bond donors (Lipinski definition) is 1. The number of thiophene rings is 1. The van der Waals surface area contributed by atoms with Crippen LogP contribution in [0.25, 0.3) is 21.2 Å². The molecular weight excluding hydrogens is 626 g/mol. The van der Waals surface area contributed by atoms with Gasteiger partial charge in [-0.05, 0) is 43.9 Å². The zero-order chi connectivity index (χ0) is 32.0.